The van der Waals surface area contributed by atoms with Gasteiger partial charge in [-0.3, -0.25) is 9.36 Å². The van der Waals surface area contributed by atoms with E-state index in [0.717, 1.165) is 51.4 Å². The highest BCUT2D eigenvalue weighted by atomic mass is 31.2. The van der Waals surface area contributed by atoms with E-state index in [4.69, 9.17) is 9.05 Å². The fourth-order valence-electron chi connectivity index (χ4n) is 6.50. The number of aliphatic hydroxyl groups is 1. The van der Waals surface area contributed by atoms with Crippen molar-refractivity contribution in [2.24, 2.45) is 0 Å². The maximum Gasteiger partial charge on any atom is 0.268 e. The van der Waals surface area contributed by atoms with E-state index in [0.29, 0.717) is 17.4 Å². The van der Waals surface area contributed by atoms with E-state index in [-0.39, 0.29) is 19.1 Å². The van der Waals surface area contributed by atoms with Crippen LogP contribution in [0.4, 0.5) is 0 Å². The highest BCUT2D eigenvalue weighted by Gasteiger charge is 2.23. The molecule has 0 aromatic rings. The minimum Gasteiger partial charge on any atom is -0.756 e. The maximum atomic E-state index is 12.8. The van der Waals surface area contributed by atoms with Crippen molar-refractivity contribution in [2.45, 2.75) is 219 Å². The number of rotatable bonds is 41. The number of quaternary nitrogens is 1. The third-order valence-corrected chi connectivity index (χ3v) is 11.1. The lowest BCUT2D eigenvalue weighted by Gasteiger charge is -2.29. The summed E-state index contributed by atoms with van der Waals surface area (Å²) < 4.78 is 23.2. The third kappa shape index (κ3) is 39.2. The lowest BCUT2D eigenvalue weighted by atomic mass is 10.0. The first kappa shape index (κ1) is 53.0. The molecule has 9 heteroatoms. The van der Waals surface area contributed by atoms with Crippen LogP contribution >= 0.6 is 7.82 Å². The Labute approximate surface area is 334 Å². The molecular formula is C45H89N2O6P. The van der Waals surface area contributed by atoms with Crippen LogP contribution < -0.4 is 10.2 Å². The fourth-order valence-corrected chi connectivity index (χ4v) is 7.22. The number of likely N-dealkylation sites (N-methyl/N-ethyl adjacent to an activating group) is 1. The van der Waals surface area contributed by atoms with Gasteiger partial charge in [-0.05, 0) is 44.9 Å². The van der Waals surface area contributed by atoms with E-state index in [1.807, 2.05) is 27.2 Å². The van der Waals surface area contributed by atoms with Crippen LogP contribution in [0.25, 0.3) is 0 Å². The fraction of sp³-hybridized carbons (Fsp3) is 0.889. The van der Waals surface area contributed by atoms with Gasteiger partial charge < -0.3 is 28.8 Å². The number of nitrogens with zero attached hydrogens (tertiary/aromatic N) is 1. The van der Waals surface area contributed by atoms with Gasteiger partial charge in [0, 0.05) is 6.42 Å². The number of phosphoric acid groups is 1. The molecule has 0 aliphatic rings. The van der Waals surface area contributed by atoms with Crippen molar-refractivity contribution >= 4 is 13.7 Å². The zero-order valence-electron chi connectivity index (χ0n) is 36.2. The molecule has 0 saturated carbocycles. The molecule has 0 spiro atoms. The first-order valence-corrected chi connectivity index (χ1v) is 24.2. The topological polar surface area (TPSA) is 108 Å². The summed E-state index contributed by atoms with van der Waals surface area (Å²) >= 11 is 0. The van der Waals surface area contributed by atoms with E-state index >= 15 is 0 Å². The summed E-state index contributed by atoms with van der Waals surface area (Å²) in [5.74, 6) is -0.207. The Morgan fingerprint density at radius 2 is 1.02 bits per heavy atom. The summed E-state index contributed by atoms with van der Waals surface area (Å²) in [5, 5.41) is 13.8. The van der Waals surface area contributed by atoms with Crippen molar-refractivity contribution in [2.75, 3.05) is 40.9 Å². The minimum atomic E-state index is -4.58. The Bertz CT molecular complexity index is 938. The molecule has 2 N–H and O–H groups in total. The molecule has 0 radical (unpaired) electrons. The molecule has 0 heterocycles. The van der Waals surface area contributed by atoms with E-state index < -0.39 is 20.0 Å². The number of carbonyl (C=O) groups excluding carboxylic acids is 1. The molecule has 3 unspecified atom stereocenters. The summed E-state index contributed by atoms with van der Waals surface area (Å²) in [5.41, 5.74) is 0. The number of amides is 1. The summed E-state index contributed by atoms with van der Waals surface area (Å²) in [4.78, 5) is 25.2. The second-order valence-electron chi connectivity index (χ2n) is 16.8. The second kappa shape index (κ2) is 37.6. The SMILES string of the molecule is CCCCC/C=C\CCCCCCCC(=O)NC(COP(=O)([O-])OCC[N+](C)(C)C)C(O)/C=C/CCCCCCCCCCCCCCCCCCCC. The molecule has 0 saturated heterocycles. The summed E-state index contributed by atoms with van der Waals surface area (Å²) in [6, 6.07) is -0.887. The second-order valence-corrected chi connectivity index (χ2v) is 18.2. The molecule has 0 rings (SSSR count). The van der Waals surface area contributed by atoms with Gasteiger partial charge in [0.2, 0.25) is 5.91 Å². The molecule has 0 fully saturated rings. The first-order valence-electron chi connectivity index (χ1n) is 22.7. The molecule has 320 valence electrons. The van der Waals surface area contributed by atoms with Crippen molar-refractivity contribution in [3.63, 3.8) is 0 Å². The molecule has 3 atom stereocenters. The molecule has 8 nitrogen and oxygen atoms in total. The van der Waals surface area contributed by atoms with Gasteiger partial charge in [-0.1, -0.05) is 179 Å². The van der Waals surface area contributed by atoms with Crippen LogP contribution in [-0.4, -0.2) is 68.5 Å². The standard InChI is InChI=1S/C45H89N2O6P/c1-6-8-10-12-14-16-18-20-21-22-23-24-25-26-27-28-30-32-34-36-38-44(48)43(42-53-54(50,51)52-41-40-47(3,4)5)46-45(49)39-37-35-33-31-29-19-17-15-13-11-9-7-2/h15,17,36,38,43-44,48H,6-14,16,18-35,37,39-42H2,1-5H3,(H-,46,49,50,51)/b17-15-,38-36+. The number of nitrogens with one attached hydrogen (secondary N) is 1. The number of unbranched alkanes of at least 4 members (excludes halogenated alkanes) is 26. The van der Waals surface area contributed by atoms with Crippen molar-refractivity contribution in [1.82, 2.24) is 5.32 Å². The van der Waals surface area contributed by atoms with Crippen LogP contribution in [0.5, 0.6) is 0 Å². The van der Waals surface area contributed by atoms with Gasteiger partial charge in [-0.2, -0.15) is 0 Å². The van der Waals surface area contributed by atoms with Gasteiger partial charge in [-0.15, -0.1) is 0 Å². The summed E-state index contributed by atoms with van der Waals surface area (Å²) in [6.07, 6.45) is 43.7. The Morgan fingerprint density at radius 1 is 0.630 bits per heavy atom. The van der Waals surface area contributed by atoms with Crippen LogP contribution in [0.3, 0.4) is 0 Å². The zero-order chi connectivity index (χ0) is 40.0. The lowest BCUT2D eigenvalue weighted by Crippen LogP contribution is -2.45. The van der Waals surface area contributed by atoms with Gasteiger partial charge in [0.05, 0.1) is 39.9 Å². The molecule has 0 aromatic carbocycles. The van der Waals surface area contributed by atoms with E-state index in [2.05, 4.69) is 31.3 Å². The Morgan fingerprint density at radius 3 is 1.48 bits per heavy atom. The Hall–Kier alpha value is -1.02. The number of allylic oxidation sites excluding steroid dienone is 3. The Balaban J connectivity index is 4.37. The largest absolute Gasteiger partial charge is 0.756 e. The average Bonchev–Trinajstić information content (AvgIpc) is 3.12. The smallest absolute Gasteiger partial charge is 0.268 e. The van der Waals surface area contributed by atoms with Gasteiger partial charge in [0.15, 0.2) is 0 Å². The zero-order valence-corrected chi connectivity index (χ0v) is 37.1. The third-order valence-electron chi connectivity index (χ3n) is 10.2. The van der Waals surface area contributed by atoms with Gasteiger partial charge >= 0.3 is 0 Å². The molecule has 54 heavy (non-hydrogen) atoms. The minimum absolute atomic E-state index is 0.00158. The van der Waals surface area contributed by atoms with E-state index in [1.165, 1.54) is 135 Å². The van der Waals surface area contributed by atoms with Crippen molar-refractivity contribution in [3.8, 4) is 0 Å². The predicted octanol–water partition coefficient (Wildman–Crippen LogP) is 11.9. The molecule has 0 aromatic heterocycles. The molecule has 1 amide bonds. The van der Waals surface area contributed by atoms with Gasteiger partial charge in [0.25, 0.3) is 7.82 Å². The number of carbonyl (C=O) groups is 1. The van der Waals surface area contributed by atoms with E-state index in [9.17, 15) is 19.4 Å². The molecule has 0 bridgehead atoms. The van der Waals surface area contributed by atoms with Crippen LogP contribution in [0.1, 0.15) is 206 Å². The number of hydrogen-bond acceptors (Lipinski definition) is 6. The summed E-state index contributed by atoms with van der Waals surface area (Å²) in [7, 11) is 1.26. The monoisotopic (exact) mass is 785 g/mol. The molecule has 0 aliphatic heterocycles. The number of phosphoric ester groups is 1. The molecular weight excluding hydrogens is 695 g/mol. The summed E-state index contributed by atoms with van der Waals surface area (Å²) in [6.45, 7) is 4.62. The highest BCUT2D eigenvalue weighted by molar-refractivity contribution is 7.45. The van der Waals surface area contributed by atoms with Crippen LogP contribution in [0, 0.1) is 0 Å². The Kier molecular flexibility index (Phi) is 36.8. The first-order chi connectivity index (χ1) is 26.0. The number of aliphatic hydroxyl groups excluding tert-OH is 1. The normalized spacial score (nSPS) is 14.6. The van der Waals surface area contributed by atoms with Gasteiger partial charge in [-0.25, -0.2) is 0 Å². The van der Waals surface area contributed by atoms with Crippen molar-refractivity contribution in [3.05, 3.63) is 24.3 Å². The van der Waals surface area contributed by atoms with Crippen LogP contribution in [0.2, 0.25) is 0 Å². The lowest BCUT2D eigenvalue weighted by molar-refractivity contribution is -0.870. The predicted molar refractivity (Wildman–Crippen MR) is 228 cm³/mol. The van der Waals surface area contributed by atoms with Crippen molar-refractivity contribution < 1.29 is 32.9 Å². The van der Waals surface area contributed by atoms with Crippen molar-refractivity contribution in [1.29, 1.82) is 0 Å². The number of hydrogen-bond donors (Lipinski definition) is 2. The van der Waals surface area contributed by atoms with Crippen LogP contribution in [0.15, 0.2) is 24.3 Å². The van der Waals surface area contributed by atoms with Gasteiger partial charge in [0.1, 0.15) is 13.2 Å². The van der Waals surface area contributed by atoms with Crippen LogP contribution in [-0.2, 0) is 18.4 Å². The average molecular weight is 785 g/mol. The quantitative estimate of drug-likeness (QED) is 0.0277. The maximum absolute atomic E-state index is 12.8. The molecule has 0 aliphatic carbocycles. The van der Waals surface area contributed by atoms with E-state index in [1.54, 1.807) is 6.08 Å². The highest BCUT2D eigenvalue weighted by Crippen LogP contribution is 2.38.